The average molecular weight is 735 g/mol. The van der Waals surface area contributed by atoms with Crippen molar-refractivity contribution in [2.24, 2.45) is 0 Å². The maximum absolute atomic E-state index is 14.8. The van der Waals surface area contributed by atoms with Gasteiger partial charge in [0.15, 0.2) is 0 Å². The minimum Gasteiger partial charge on any atom is -0.436 e. The smallest absolute Gasteiger partial charge is 0.307 e. The van der Waals surface area contributed by atoms with E-state index in [0.29, 0.717) is 32.7 Å². The molecule has 0 fully saturated rings. The Balaban J connectivity index is 1.03. The molecule has 2 aliphatic rings. The lowest BCUT2D eigenvalue weighted by molar-refractivity contribution is 0.500. The predicted octanol–water partition coefficient (Wildman–Crippen LogP) is 11.3. The molecule has 0 amide bonds. The van der Waals surface area contributed by atoms with Crippen LogP contribution in [0.1, 0.15) is 0 Å². The third-order valence-corrected chi connectivity index (χ3v) is 15.3. The molecule has 258 valence electrons. The minimum atomic E-state index is -3.41. The maximum Gasteiger partial charge on any atom is 0.307 e. The molecule has 0 radical (unpaired) electrons. The Bertz CT molecular complexity index is 2660. The van der Waals surface area contributed by atoms with Crippen LogP contribution in [0, 0.1) is 0 Å². The van der Waals surface area contributed by atoms with Crippen LogP contribution in [0.5, 0.6) is 11.5 Å². The van der Waals surface area contributed by atoms with Gasteiger partial charge in [-0.25, -0.2) is 0 Å². The van der Waals surface area contributed by atoms with E-state index in [0.717, 1.165) is 55.6 Å². The first-order valence-corrected chi connectivity index (χ1v) is 21.1. The molecule has 0 bridgehead atoms. The molecule has 6 heteroatoms. The zero-order valence-corrected chi connectivity index (χ0v) is 30.8. The Morgan fingerprint density at radius 3 is 1.06 bits per heavy atom. The maximum atomic E-state index is 14.8. The van der Waals surface area contributed by atoms with Crippen LogP contribution in [0.25, 0.3) is 55.6 Å². The van der Waals surface area contributed by atoms with Crippen molar-refractivity contribution >= 4 is 36.0 Å². The van der Waals surface area contributed by atoms with Crippen molar-refractivity contribution in [1.82, 2.24) is 0 Å². The summed E-state index contributed by atoms with van der Waals surface area (Å²) in [4.78, 5) is 0. The van der Waals surface area contributed by atoms with Gasteiger partial charge in [-0.1, -0.05) is 127 Å². The highest BCUT2D eigenvalue weighted by atomic mass is 31.2. The largest absolute Gasteiger partial charge is 0.436 e. The Kier molecular flexibility index (Phi) is 7.66. The van der Waals surface area contributed by atoms with Crippen molar-refractivity contribution in [1.29, 1.82) is 0 Å². The first kappa shape index (κ1) is 32.5. The highest BCUT2D eigenvalue weighted by molar-refractivity contribution is 7.75. The van der Waals surface area contributed by atoms with Gasteiger partial charge in [0.25, 0.3) is 0 Å². The molecule has 8 aromatic rings. The molecule has 0 aromatic heterocycles. The van der Waals surface area contributed by atoms with E-state index in [9.17, 15) is 9.13 Å². The fourth-order valence-corrected chi connectivity index (χ4v) is 12.2. The van der Waals surface area contributed by atoms with Gasteiger partial charge >= 0.3 is 14.7 Å². The van der Waals surface area contributed by atoms with E-state index in [1.165, 1.54) is 0 Å². The molecule has 0 aliphatic carbocycles. The number of hydrogen-bond acceptors (Lipinski definition) is 4. The summed E-state index contributed by atoms with van der Waals surface area (Å²) < 4.78 is 42.3. The van der Waals surface area contributed by atoms with E-state index in [4.69, 9.17) is 9.05 Å². The minimum absolute atomic E-state index is 0.629. The Morgan fingerprint density at radius 1 is 0.296 bits per heavy atom. The van der Waals surface area contributed by atoms with Gasteiger partial charge in [0.05, 0.1) is 21.2 Å². The van der Waals surface area contributed by atoms with Crippen molar-refractivity contribution in [2.45, 2.75) is 0 Å². The molecule has 8 aromatic carbocycles. The predicted molar refractivity (Wildman–Crippen MR) is 222 cm³/mol. The van der Waals surface area contributed by atoms with E-state index in [2.05, 4.69) is 30.3 Å². The van der Waals surface area contributed by atoms with Crippen LogP contribution < -0.4 is 30.3 Å². The molecular weight excluding hydrogens is 702 g/mol. The zero-order valence-electron chi connectivity index (χ0n) is 29.0. The molecular formula is C48H32O4P2. The summed E-state index contributed by atoms with van der Waals surface area (Å²) in [7, 11) is -6.82. The summed E-state index contributed by atoms with van der Waals surface area (Å²) in [6, 6.07) is 63.9. The summed E-state index contributed by atoms with van der Waals surface area (Å²) >= 11 is 0. The molecule has 2 unspecified atom stereocenters. The number of fused-ring (bicyclic) bond motifs is 6. The van der Waals surface area contributed by atoms with Gasteiger partial charge in [0, 0.05) is 11.1 Å². The molecule has 0 spiro atoms. The summed E-state index contributed by atoms with van der Waals surface area (Å²) in [5, 5.41) is 2.71. The second-order valence-electron chi connectivity index (χ2n) is 13.6. The summed E-state index contributed by atoms with van der Waals surface area (Å²) in [5.74, 6) is 1.26. The highest BCUT2D eigenvalue weighted by Crippen LogP contribution is 2.55. The van der Waals surface area contributed by atoms with Gasteiger partial charge < -0.3 is 9.05 Å². The van der Waals surface area contributed by atoms with Crippen LogP contribution >= 0.6 is 14.7 Å². The van der Waals surface area contributed by atoms with Gasteiger partial charge in [-0.05, 0) is 111 Å². The quantitative estimate of drug-likeness (QED) is 0.165. The molecule has 54 heavy (non-hydrogen) atoms. The van der Waals surface area contributed by atoms with Crippen LogP contribution in [0.2, 0.25) is 0 Å². The fourth-order valence-electron chi connectivity index (χ4n) is 7.67. The molecule has 4 nitrogen and oxygen atoms in total. The van der Waals surface area contributed by atoms with Crippen LogP contribution in [-0.2, 0) is 9.13 Å². The van der Waals surface area contributed by atoms with Crippen molar-refractivity contribution in [2.75, 3.05) is 0 Å². The van der Waals surface area contributed by atoms with Gasteiger partial charge in [0.1, 0.15) is 11.5 Å². The third-order valence-electron chi connectivity index (χ3n) is 10.4. The molecule has 2 heterocycles. The van der Waals surface area contributed by atoms with Crippen molar-refractivity contribution in [3.05, 3.63) is 194 Å². The molecule has 0 N–H and O–H groups in total. The standard InChI is InChI=1S/C48H32O4P2/c49-53(47-20-10-6-16-43(47)41-14-4-8-18-45(41)51-53)39-26-22-34(23-27-39)37-30-36(33-12-2-1-3-13-33)31-38(32-37)35-24-28-40(29-25-35)54(50)48-21-11-7-17-44(48)42-15-5-9-19-46(42)52-54/h1-32H. The van der Waals surface area contributed by atoms with E-state index in [1.54, 1.807) is 0 Å². The van der Waals surface area contributed by atoms with Crippen molar-refractivity contribution in [3.8, 4) is 67.1 Å². The topological polar surface area (TPSA) is 52.6 Å². The lowest BCUT2D eigenvalue weighted by Gasteiger charge is -2.29. The van der Waals surface area contributed by atoms with Gasteiger partial charge in [-0.3, -0.25) is 9.13 Å². The van der Waals surface area contributed by atoms with Crippen LogP contribution in [-0.4, -0.2) is 0 Å². The molecule has 2 aliphatic heterocycles. The zero-order chi connectivity index (χ0) is 36.3. The van der Waals surface area contributed by atoms with Gasteiger partial charge in [-0.15, -0.1) is 0 Å². The SMILES string of the molecule is O=P1(c2ccc(-c3cc(-c4ccccc4)cc(-c4ccc(P5(=O)Oc6ccccc6-c6ccccc65)cc4)c3)cc2)Oc2ccccc2-c2ccccc21. The first-order chi connectivity index (χ1) is 26.5. The second-order valence-corrected chi connectivity index (χ2v) is 18.1. The number of hydrogen-bond donors (Lipinski definition) is 0. The van der Waals surface area contributed by atoms with Crippen LogP contribution in [0.3, 0.4) is 0 Å². The molecule has 0 saturated carbocycles. The fraction of sp³-hybridized carbons (Fsp3) is 0. The number of rotatable bonds is 5. The van der Waals surface area contributed by atoms with Gasteiger partial charge in [0.2, 0.25) is 0 Å². The molecule has 0 saturated heterocycles. The monoisotopic (exact) mass is 734 g/mol. The summed E-state index contributed by atoms with van der Waals surface area (Å²) in [5.41, 5.74) is 9.95. The van der Waals surface area contributed by atoms with Crippen molar-refractivity contribution in [3.63, 3.8) is 0 Å². The Labute approximate surface area is 314 Å². The van der Waals surface area contributed by atoms with Gasteiger partial charge in [-0.2, -0.15) is 0 Å². The van der Waals surface area contributed by atoms with E-state index in [1.807, 2.05) is 164 Å². The molecule has 10 rings (SSSR count). The summed E-state index contributed by atoms with van der Waals surface area (Å²) in [6.07, 6.45) is 0. The van der Waals surface area contributed by atoms with Crippen LogP contribution in [0.15, 0.2) is 194 Å². The lowest BCUT2D eigenvalue weighted by atomic mass is 9.93. The normalized spacial score (nSPS) is 17.9. The number of para-hydroxylation sites is 2. The third kappa shape index (κ3) is 5.30. The second kappa shape index (κ2) is 12.7. The molecule has 2 atom stereocenters. The first-order valence-electron chi connectivity index (χ1n) is 17.9. The lowest BCUT2D eigenvalue weighted by Crippen LogP contribution is -2.25. The van der Waals surface area contributed by atoms with E-state index in [-0.39, 0.29) is 0 Å². The highest BCUT2D eigenvalue weighted by Gasteiger charge is 2.39. The van der Waals surface area contributed by atoms with E-state index >= 15 is 0 Å². The average Bonchev–Trinajstić information content (AvgIpc) is 3.24. The van der Waals surface area contributed by atoms with Crippen LogP contribution in [0.4, 0.5) is 0 Å². The van der Waals surface area contributed by atoms with Crippen molar-refractivity contribution < 1.29 is 18.2 Å². The Morgan fingerprint density at radius 2 is 0.630 bits per heavy atom. The summed E-state index contributed by atoms with van der Waals surface area (Å²) in [6.45, 7) is 0. The Hall–Kier alpha value is -6.18. The van der Waals surface area contributed by atoms with E-state index < -0.39 is 14.7 Å². The number of benzene rings is 8.